The molecule has 5 nitrogen and oxygen atoms in total. The Hall–Kier alpha value is -2.40. The third kappa shape index (κ3) is 6.93. The van der Waals surface area contributed by atoms with E-state index in [1.165, 1.54) is 6.92 Å². The molecule has 2 aromatic rings. The van der Waals surface area contributed by atoms with Crippen molar-refractivity contribution in [1.82, 2.24) is 15.2 Å². The molecule has 1 aromatic heterocycles. The number of amides is 2. The molecule has 0 atom stereocenters. The highest BCUT2D eigenvalue weighted by Gasteiger charge is 2.12. The van der Waals surface area contributed by atoms with E-state index in [0.29, 0.717) is 24.7 Å². The number of halogens is 1. The second-order valence-electron chi connectivity index (χ2n) is 5.74. The molecular formula is C19H22ClN3O2. The standard InChI is InChI=1S/C19H22ClN3O2/c1-15(24)23(14-18-7-2-3-10-21-18)12-9-19(25)22-11-8-16-5-4-6-17(20)13-16/h2-7,10,13H,8-9,11-12,14H2,1H3,(H,22,25). The predicted octanol–water partition coefficient (Wildman–Crippen LogP) is 2.83. The Balaban J connectivity index is 1.74. The first-order chi connectivity index (χ1) is 12.0. The van der Waals surface area contributed by atoms with Crippen molar-refractivity contribution in [2.24, 2.45) is 0 Å². The van der Waals surface area contributed by atoms with Crippen molar-refractivity contribution < 1.29 is 9.59 Å². The van der Waals surface area contributed by atoms with Crippen LogP contribution < -0.4 is 5.32 Å². The fraction of sp³-hybridized carbons (Fsp3) is 0.316. The zero-order valence-corrected chi connectivity index (χ0v) is 15.0. The Morgan fingerprint density at radius 1 is 1.20 bits per heavy atom. The van der Waals surface area contributed by atoms with Gasteiger partial charge in [0.25, 0.3) is 0 Å². The highest BCUT2D eigenvalue weighted by Crippen LogP contribution is 2.10. The van der Waals surface area contributed by atoms with Gasteiger partial charge in [-0.05, 0) is 36.2 Å². The number of benzene rings is 1. The molecule has 0 radical (unpaired) electrons. The average Bonchev–Trinajstić information content (AvgIpc) is 2.59. The molecule has 1 N–H and O–H groups in total. The van der Waals surface area contributed by atoms with Crippen molar-refractivity contribution in [2.75, 3.05) is 13.1 Å². The van der Waals surface area contributed by atoms with Gasteiger partial charge in [-0.3, -0.25) is 14.6 Å². The number of rotatable bonds is 8. The van der Waals surface area contributed by atoms with E-state index in [0.717, 1.165) is 17.7 Å². The van der Waals surface area contributed by atoms with Gasteiger partial charge in [-0.2, -0.15) is 0 Å². The molecule has 0 aliphatic heterocycles. The monoisotopic (exact) mass is 359 g/mol. The lowest BCUT2D eigenvalue weighted by atomic mass is 10.1. The fourth-order valence-corrected chi connectivity index (χ4v) is 2.61. The number of hydrogen-bond acceptors (Lipinski definition) is 3. The van der Waals surface area contributed by atoms with E-state index in [1.54, 1.807) is 11.1 Å². The van der Waals surface area contributed by atoms with Crippen LogP contribution in [0.1, 0.15) is 24.6 Å². The van der Waals surface area contributed by atoms with E-state index in [1.807, 2.05) is 42.5 Å². The maximum atomic E-state index is 12.0. The van der Waals surface area contributed by atoms with Crippen LogP contribution in [0.3, 0.4) is 0 Å². The van der Waals surface area contributed by atoms with Crippen LogP contribution in [0.2, 0.25) is 5.02 Å². The van der Waals surface area contributed by atoms with Crippen LogP contribution in [-0.4, -0.2) is 34.8 Å². The molecule has 6 heteroatoms. The molecular weight excluding hydrogens is 338 g/mol. The van der Waals surface area contributed by atoms with Crippen LogP contribution in [0.5, 0.6) is 0 Å². The van der Waals surface area contributed by atoms with Gasteiger partial charge in [-0.15, -0.1) is 0 Å². The van der Waals surface area contributed by atoms with E-state index in [2.05, 4.69) is 10.3 Å². The second kappa shape index (κ2) is 9.79. The molecule has 1 aromatic carbocycles. The Labute approximate surface area is 153 Å². The van der Waals surface area contributed by atoms with Crippen molar-refractivity contribution in [3.05, 3.63) is 64.9 Å². The zero-order chi connectivity index (χ0) is 18.1. The molecule has 25 heavy (non-hydrogen) atoms. The first-order valence-corrected chi connectivity index (χ1v) is 8.59. The molecule has 0 saturated carbocycles. The van der Waals surface area contributed by atoms with E-state index < -0.39 is 0 Å². The Bertz CT molecular complexity index is 707. The number of aromatic nitrogens is 1. The third-order valence-electron chi connectivity index (χ3n) is 3.76. The minimum Gasteiger partial charge on any atom is -0.356 e. The van der Waals surface area contributed by atoms with Gasteiger partial charge < -0.3 is 10.2 Å². The topological polar surface area (TPSA) is 62.3 Å². The molecule has 132 valence electrons. The molecule has 0 fully saturated rings. The number of carbonyl (C=O) groups is 2. The van der Waals surface area contributed by atoms with Gasteiger partial charge in [0.05, 0.1) is 12.2 Å². The van der Waals surface area contributed by atoms with Gasteiger partial charge in [0.2, 0.25) is 11.8 Å². The summed E-state index contributed by atoms with van der Waals surface area (Å²) in [5, 5.41) is 3.56. The van der Waals surface area contributed by atoms with Crippen molar-refractivity contribution in [3.63, 3.8) is 0 Å². The van der Waals surface area contributed by atoms with Crippen molar-refractivity contribution in [1.29, 1.82) is 0 Å². The van der Waals surface area contributed by atoms with Crippen molar-refractivity contribution >= 4 is 23.4 Å². The summed E-state index contributed by atoms with van der Waals surface area (Å²) in [7, 11) is 0. The van der Waals surface area contributed by atoms with Crippen molar-refractivity contribution in [2.45, 2.75) is 26.3 Å². The molecule has 0 aliphatic rings. The summed E-state index contributed by atoms with van der Waals surface area (Å²) in [6, 6.07) is 13.1. The minimum atomic E-state index is -0.0747. The largest absolute Gasteiger partial charge is 0.356 e. The Kier molecular flexibility index (Phi) is 7.41. The molecule has 0 spiro atoms. The summed E-state index contributed by atoms with van der Waals surface area (Å²) in [5.74, 6) is -0.147. The maximum absolute atomic E-state index is 12.0. The zero-order valence-electron chi connectivity index (χ0n) is 14.2. The average molecular weight is 360 g/mol. The molecule has 0 unspecified atom stereocenters. The van der Waals surface area contributed by atoms with Gasteiger partial charge in [0.1, 0.15) is 0 Å². The van der Waals surface area contributed by atoms with E-state index in [9.17, 15) is 9.59 Å². The molecule has 1 heterocycles. The molecule has 2 rings (SSSR count). The van der Waals surface area contributed by atoms with Crippen LogP contribution >= 0.6 is 11.6 Å². The summed E-state index contributed by atoms with van der Waals surface area (Å²) in [6.07, 6.45) is 2.68. The predicted molar refractivity (Wildman–Crippen MR) is 98.1 cm³/mol. The summed E-state index contributed by atoms with van der Waals surface area (Å²) < 4.78 is 0. The Morgan fingerprint density at radius 3 is 2.72 bits per heavy atom. The SMILES string of the molecule is CC(=O)N(CCC(=O)NCCc1cccc(Cl)c1)Cc1ccccn1. The molecule has 0 aliphatic carbocycles. The molecule has 0 bridgehead atoms. The maximum Gasteiger partial charge on any atom is 0.221 e. The van der Waals surface area contributed by atoms with Crippen LogP contribution in [0.4, 0.5) is 0 Å². The van der Waals surface area contributed by atoms with Crippen LogP contribution in [-0.2, 0) is 22.6 Å². The lowest BCUT2D eigenvalue weighted by Gasteiger charge is -2.20. The third-order valence-corrected chi connectivity index (χ3v) is 3.99. The van der Waals surface area contributed by atoms with Gasteiger partial charge in [-0.25, -0.2) is 0 Å². The fourth-order valence-electron chi connectivity index (χ4n) is 2.40. The normalized spacial score (nSPS) is 10.3. The van der Waals surface area contributed by atoms with Gasteiger partial charge in [0, 0.05) is 37.7 Å². The first-order valence-electron chi connectivity index (χ1n) is 8.21. The highest BCUT2D eigenvalue weighted by molar-refractivity contribution is 6.30. The van der Waals surface area contributed by atoms with E-state index in [4.69, 9.17) is 11.6 Å². The second-order valence-corrected chi connectivity index (χ2v) is 6.18. The van der Waals surface area contributed by atoms with Gasteiger partial charge in [0.15, 0.2) is 0 Å². The number of hydrogen-bond donors (Lipinski definition) is 1. The first kappa shape index (κ1) is 18.9. The van der Waals surface area contributed by atoms with E-state index in [-0.39, 0.29) is 18.2 Å². The lowest BCUT2D eigenvalue weighted by molar-refractivity contribution is -0.130. The Morgan fingerprint density at radius 2 is 2.04 bits per heavy atom. The number of carbonyl (C=O) groups excluding carboxylic acids is 2. The number of nitrogens with zero attached hydrogens (tertiary/aromatic N) is 2. The molecule has 2 amide bonds. The van der Waals surface area contributed by atoms with Gasteiger partial charge in [-0.1, -0.05) is 29.8 Å². The number of nitrogens with one attached hydrogen (secondary N) is 1. The summed E-state index contributed by atoms with van der Waals surface area (Å²) in [6.45, 7) is 2.82. The quantitative estimate of drug-likeness (QED) is 0.788. The number of pyridine rings is 1. The van der Waals surface area contributed by atoms with Gasteiger partial charge >= 0.3 is 0 Å². The summed E-state index contributed by atoms with van der Waals surface area (Å²) >= 11 is 5.94. The van der Waals surface area contributed by atoms with E-state index >= 15 is 0 Å². The summed E-state index contributed by atoms with van der Waals surface area (Å²) in [4.78, 5) is 29.6. The lowest BCUT2D eigenvalue weighted by Crippen LogP contribution is -2.34. The smallest absolute Gasteiger partial charge is 0.221 e. The van der Waals surface area contributed by atoms with Crippen LogP contribution in [0.25, 0.3) is 0 Å². The van der Waals surface area contributed by atoms with Crippen LogP contribution in [0.15, 0.2) is 48.7 Å². The highest BCUT2D eigenvalue weighted by atomic mass is 35.5. The molecule has 0 saturated heterocycles. The van der Waals surface area contributed by atoms with Crippen molar-refractivity contribution in [3.8, 4) is 0 Å². The minimum absolute atomic E-state index is 0.0719. The van der Waals surface area contributed by atoms with Crippen LogP contribution in [0, 0.1) is 0 Å². The summed E-state index contributed by atoms with van der Waals surface area (Å²) in [5.41, 5.74) is 1.88.